The molecule has 0 radical (unpaired) electrons. The maximum absolute atomic E-state index is 6.40. The van der Waals surface area contributed by atoms with Crippen LogP contribution in [0.5, 0.6) is 0 Å². The van der Waals surface area contributed by atoms with Crippen LogP contribution in [0.4, 0.5) is 0 Å². The van der Waals surface area contributed by atoms with Crippen molar-refractivity contribution in [3.8, 4) is 11.4 Å². The number of aromatic nitrogens is 2. The molecule has 23 heavy (non-hydrogen) atoms. The van der Waals surface area contributed by atoms with E-state index in [0.29, 0.717) is 11.0 Å². The van der Waals surface area contributed by atoms with Gasteiger partial charge in [0.25, 0.3) is 0 Å². The lowest BCUT2D eigenvalue weighted by molar-refractivity contribution is 0.0422. The summed E-state index contributed by atoms with van der Waals surface area (Å²) < 4.78 is 5.41. The van der Waals surface area contributed by atoms with E-state index in [0.717, 1.165) is 56.1 Å². The molecule has 0 amide bonds. The Morgan fingerprint density at radius 2 is 1.87 bits per heavy atom. The highest BCUT2D eigenvalue weighted by Gasteiger charge is 2.22. The summed E-state index contributed by atoms with van der Waals surface area (Å²) in [7, 11) is 0. The summed E-state index contributed by atoms with van der Waals surface area (Å²) in [5.74, 6) is 0.704. The minimum absolute atomic E-state index is 0.547. The zero-order valence-electron chi connectivity index (χ0n) is 12.8. The highest BCUT2D eigenvalue weighted by atomic mass is 35.5. The maximum atomic E-state index is 6.40. The Morgan fingerprint density at radius 3 is 2.65 bits per heavy atom. The van der Waals surface area contributed by atoms with Gasteiger partial charge < -0.3 is 4.74 Å². The standard InChI is InChI=1S/C18H18ClN3O/c19-17-15-10-13(12-22-6-8-23-9-7-22)11-16(15)20-18(21-17)14-4-2-1-3-5-14/h1-5,10H,6-9,11-12H2. The van der Waals surface area contributed by atoms with Crippen molar-refractivity contribution in [1.29, 1.82) is 0 Å². The molecule has 1 fully saturated rings. The second-order valence-corrected chi connectivity index (χ2v) is 6.29. The lowest BCUT2D eigenvalue weighted by Crippen LogP contribution is -2.37. The van der Waals surface area contributed by atoms with Crippen molar-refractivity contribution >= 4 is 17.7 Å². The molecule has 4 rings (SSSR count). The van der Waals surface area contributed by atoms with E-state index >= 15 is 0 Å². The number of morpholine rings is 1. The van der Waals surface area contributed by atoms with Crippen molar-refractivity contribution in [2.24, 2.45) is 0 Å². The van der Waals surface area contributed by atoms with E-state index in [-0.39, 0.29) is 0 Å². The third kappa shape index (κ3) is 3.15. The third-order valence-electron chi connectivity index (χ3n) is 4.28. The van der Waals surface area contributed by atoms with Gasteiger partial charge in [0.2, 0.25) is 0 Å². The van der Waals surface area contributed by atoms with Gasteiger partial charge in [-0.15, -0.1) is 0 Å². The lowest BCUT2D eigenvalue weighted by Gasteiger charge is -2.26. The summed E-state index contributed by atoms with van der Waals surface area (Å²) in [6.07, 6.45) is 3.01. The van der Waals surface area contributed by atoms with Crippen LogP contribution >= 0.6 is 11.6 Å². The highest BCUT2D eigenvalue weighted by Crippen LogP contribution is 2.31. The van der Waals surface area contributed by atoms with Crippen molar-refractivity contribution in [2.45, 2.75) is 6.42 Å². The minimum Gasteiger partial charge on any atom is -0.379 e. The smallest absolute Gasteiger partial charge is 0.161 e. The zero-order valence-corrected chi connectivity index (χ0v) is 13.6. The van der Waals surface area contributed by atoms with Crippen molar-refractivity contribution in [3.05, 3.63) is 52.3 Å². The first-order valence-electron chi connectivity index (χ1n) is 7.91. The van der Waals surface area contributed by atoms with Gasteiger partial charge in [0.15, 0.2) is 5.82 Å². The first-order valence-corrected chi connectivity index (χ1v) is 8.29. The van der Waals surface area contributed by atoms with E-state index in [1.807, 2.05) is 30.3 Å². The van der Waals surface area contributed by atoms with Crippen molar-refractivity contribution < 1.29 is 4.74 Å². The molecule has 0 unspecified atom stereocenters. The van der Waals surface area contributed by atoms with Crippen LogP contribution in [0.15, 0.2) is 35.9 Å². The predicted octanol–water partition coefficient (Wildman–Crippen LogP) is 3.07. The van der Waals surface area contributed by atoms with Gasteiger partial charge in [-0.25, -0.2) is 9.97 Å². The van der Waals surface area contributed by atoms with Gasteiger partial charge in [0.1, 0.15) is 5.15 Å². The molecule has 0 spiro atoms. The van der Waals surface area contributed by atoms with Gasteiger partial charge >= 0.3 is 0 Å². The Labute approximate surface area is 140 Å². The second-order valence-electron chi connectivity index (χ2n) is 5.93. The number of hydrogen-bond donors (Lipinski definition) is 0. The fraction of sp³-hybridized carbons (Fsp3) is 0.333. The number of rotatable bonds is 3. The van der Waals surface area contributed by atoms with Crippen LogP contribution in [0, 0.1) is 0 Å². The molecular formula is C18H18ClN3O. The first-order chi connectivity index (χ1) is 11.3. The Morgan fingerprint density at radius 1 is 1.09 bits per heavy atom. The fourth-order valence-corrected chi connectivity index (χ4v) is 3.34. The molecule has 2 heterocycles. The lowest BCUT2D eigenvalue weighted by atomic mass is 10.2. The van der Waals surface area contributed by atoms with Gasteiger partial charge in [-0.3, -0.25) is 4.90 Å². The fourth-order valence-electron chi connectivity index (χ4n) is 3.10. The van der Waals surface area contributed by atoms with E-state index in [9.17, 15) is 0 Å². The molecule has 1 aromatic heterocycles. The minimum atomic E-state index is 0.547. The molecule has 2 aliphatic rings. The van der Waals surface area contributed by atoms with Crippen LogP contribution in [0.25, 0.3) is 17.5 Å². The molecular weight excluding hydrogens is 310 g/mol. The zero-order chi connectivity index (χ0) is 15.6. The predicted molar refractivity (Wildman–Crippen MR) is 91.4 cm³/mol. The monoisotopic (exact) mass is 327 g/mol. The average Bonchev–Trinajstić information content (AvgIpc) is 2.99. The largest absolute Gasteiger partial charge is 0.379 e. The van der Waals surface area contributed by atoms with Crippen LogP contribution < -0.4 is 0 Å². The van der Waals surface area contributed by atoms with Gasteiger partial charge in [-0.2, -0.15) is 0 Å². The average molecular weight is 328 g/mol. The Balaban J connectivity index is 1.56. The molecule has 0 N–H and O–H groups in total. The molecule has 1 aromatic carbocycles. The Kier molecular flexibility index (Phi) is 4.12. The van der Waals surface area contributed by atoms with E-state index in [1.54, 1.807) is 0 Å². The van der Waals surface area contributed by atoms with E-state index in [2.05, 4.69) is 16.0 Å². The van der Waals surface area contributed by atoms with Crippen molar-refractivity contribution in [3.63, 3.8) is 0 Å². The van der Waals surface area contributed by atoms with Crippen molar-refractivity contribution in [1.82, 2.24) is 14.9 Å². The van der Waals surface area contributed by atoms with Crippen LogP contribution in [-0.2, 0) is 11.2 Å². The summed E-state index contributed by atoms with van der Waals surface area (Å²) >= 11 is 6.40. The molecule has 0 atom stereocenters. The summed E-state index contributed by atoms with van der Waals surface area (Å²) in [6, 6.07) is 9.98. The molecule has 0 saturated carbocycles. The molecule has 1 saturated heterocycles. The maximum Gasteiger partial charge on any atom is 0.161 e. The SMILES string of the molecule is Clc1nc(-c2ccccc2)nc2c1C=C(CN1CCOCC1)C2. The highest BCUT2D eigenvalue weighted by molar-refractivity contribution is 6.31. The van der Waals surface area contributed by atoms with Gasteiger partial charge in [0.05, 0.1) is 18.9 Å². The molecule has 2 aromatic rings. The number of fused-ring (bicyclic) bond motifs is 1. The number of nitrogens with zero attached hydrogens (tertiary/aromatic N) is 3. The van der Waals surface area contributed by atoms with Gasteiger partial charge in [0, 0.05) is 37.2 Å². The van der Waals surface area contributed by atoms with E-state index in [4.69, 9.17) is 21.3 Å². The number of halogens is 1. The van der Waals surface area contributed by atoms with Crippen LogP contribution in [0.2, 0.25) is 5.15 Å². The molecule has 1 aliphatic heterocycles. The molecule has 4 nitrogen and oxygen atoms in total. The molecule has 0 bridgehead atoms. The Hall–Kier alpha value is -1.75. The van der Waals surface area contributed by atoms with Crippen LogP contribution in [0.1, 0.15) is 11.3 Å². The summed E-state index contributed by atoms with van der Waals surface area (Å²) in [5, 5.41) is 0.547. The summed E-state index contributed by atoms with van der Waals surface area (Å²) in [4.78, 5) is 11.6. The van der Waals surface area contributed by atoms with Crippen molar-refractivity contribution in [2.75, 3.05) is 32.8 Å². The molecule has 1 aliphatic carbocycles. The number of benzene rings is 1. The summed E-state index contributed by atoms with van der Waals surface area (Å²) in [6.45, 7) is 4.57. The summed E-state index contributed by atoms with van der Waals surface area (Å²) in [5.41, 5.74) is 4.36. The van der Waals surface area contributed by atoms with Gasteiger partial charge in [-0.05, 0) is 11.6 Å². The molecule has 118 valence electrons. The van der Waals surface area contributed by atoms with E-state index in [1.165, 1.54) is 5.57 Å². The number of hydrogen-bond acceptors (Lipinski definition) is 4. The Bertz CT molecular complexity index is 739. The third-order valence-corrected chi connectivity index (χ3v) is 4.57. The topological polar surface area (TPSA) is 38.2 Å². The first kappa shape index (κ1) is 14.8. The molecule has 5 heteroatoms. The van der Waals surface area contributed by atoms with Crippen LogP contribution in [0.3, 0.4) is 0 Å². The second kappa shape index (κ2) is 6.40. The van der Waals surface area contributed by atoms with Gasteiger partial charge in [-0.1, -0.05) is 41.9 Å². The number of ether oxygens (including phenoxy) is 1. The van der Waals surface area contributed by atoms with E-state index < -0.39 is 0 Å². The normalized spacial score (nSPS) is 17.9. The van der Waals surface area contributed by atoms with Crippen LogP contribution in [-0.4, -0.2) is 47.7 Å². The quantitative estimate of drug-likeness (QED) is 0.812.